The number of nitrogens with zero attached hydrogens (tertiary/aromatic N) is 1. The van der Waals surface area contributed by atoms with E-state index in [0.29, 0.717) is 13.0 Å². The van der Waals surface area contributed by atoms with Crippen LogP contribution in [-0.2, 0) is 11.3 Å². The predicted molar refractivity (Wildman–Crippen MR) is 68.2 cm³/mol. The number of nitriles is 1. The number of methoxy groups -OCH3 is 1. The van der Waals surface area contributed by atoms with Crippen LogP contribution >= 0.6 is 15.9 Å². The van der Waals surface area contributed by atoms with Crippen LogP contribution in [-0.4, -0.2) is 13.2 Å². The van der Waals surface area contributed by atoms with Crippen molar-refractivity contribution < 1.29 is 4.74 Å². The molecule has 0 bridgehead atoms. The van der Waals surface area contributed by atoms with E-state index in [4.69, 9.17) is 10.00 Å². The van der Waals surface area contributed by atoms with Crippen LogP contribution in [0, 0.1) is 11.3 Å². The van der Waals surface area contributed by atoms with Gasteiger partial charge in [0.25, 0.3) is 0 Å². The van der Waals surface area contributed by atoms with Crippen LogP contribution in [0.5, 0.6) is 0 Å². The van der Waals surface area contributed by atoms with Crippen LogP contribution in [0.1, 0.15) is 18.9 Å². The van der Waals surface area contributed by atoms with E-state index < -0.39 is 0 Å². The van der Waals surface area contributed by atoms with E-state index in [-0.39, 0.29) is 6.04 Å². The SMILES string of the molecule is COCc1c(Br)cccc1NC(C)CC#N. The average molecular weight is 283 g/mol. The number of benzene rings is 1. The lowest BCUT2D eigenvalue weighted by atomic mass is 10.1. The summed E-state index contributed by atoms with van der Waals surface area (Å²) < 4.78 is 6.17. The van der Waals surface area contributed by atoms with Gasteiger partial charge < -0.3 is 10.1 Å². The predicted octanol–water partition coefficient (Wildman–Crippen LogP) is 3.31. The summed E-state index contributed by atoms with van der Waals surface area (Å²) in [5.41, 5.74) is 2.09. The lowest BCUT2D eigenvalue weighted by Crippen LogP contribution is -2.15. The molecule has 3 nitrogen and oxygen atoms in total. The highest BCUT2D eigenvalue weighted by atomic mass is 79.9. The Labute approximate surface area is 105 Å². The number of hydrogen-bond donors (Lipinski definition) is 1. The molecule has 1 aromatic carbocycles. The minimum atomic E-state index is 0.134. The molecule has 0 saturated carbocycles. The van der Waals surface area contributed by atoms with Gasteiger partial charge >= 0.3 is 0 Å². The summed E-state index contributed by atoms with van der Waals surface area (Å²) in [7, 11) is 1.67. The van der Waals surface area contributed by atoms with Crippen molar-refractivity contribution in [1.29, 1.82) is 5.26 Å². The van der Waals surface area contributed by atoms with E-state index in [9.17, 15) is 0 Å². The molecule has 86 valence electrons. The summed E-state index contributed by atoms with van der Waals surface area (Å²) in [6.07, 6.45) is 0.485. The Morgan fingerprint density at radius 2 is 2.31 bits per heavy atom. The molecule has 0 aliphatic rings. The van der Waals surface area contributed by atoms with E-state index in [1.165, 1.54) is 0 Å². The van der Waals surface area contributed by atoms with Gasteiger partial charge in [0.15, 0.2) is 0 Å². The van der Waals surface area contributed by atoms with Crippen molar-refractivity contribution >= 4 is 21.6 Å². The second-order valence-electron chi connectivity index (χ2n) is 3.61. The Morgan fingerprint density at radius 3 is 2.94 bits per heavy atom. The fraction of sp³-hybridized carbons (Fsp3) is 0.417. The van der Waals surface area contributed by atoms with Gasteiger partial charge in [-0.25, -0.2) is 0 Å². The average Bonchev–Trinajstić information content (AvgIpc) is 2.23. The maximum absolute atomic E-state index is 8.62. The molecule has 1 aromatic rings. The number of ether oxygens (including phenoxy) is 1. The Kier molecular flexibility index (Phi) is 5.30. The second kappa shape index (κ2) is 6.51. The monoisotopic (exact) mass is 282 g/mol. The molecule has 1 rings (SSSR count). The first-order chi connectivity index (χ1) is 7.69. The molecule has 0 spiro atoms. The minimum Gasteiger partial charge on any atom is -0.381 e. The molecule has 0 radical (unpaired) electrons. The van der Waals surface area contributed by atoms with Gasteiger partial charge in [-0.05, 0) is 19.1 Å². The molecule has 4 heteroatoms. The summed E-state index contributed by atoms with van der Waals surface area (Å²) >= 11 is 3.49. The largest absolute Gasteiger partial charge is 0.381 e. The maximum atomic E-state index is 8.62. The Hall–Kier alpha value is -1.05. The van der Waals surface area contributed by atoms with Crippen molar-refractivity contribution in [3.05, 3.63) is 28.2 Å². The highest BCUT2D eigenvalue weighted by Crippen LogP contribution is 2.26. The highest BCUT2D eigenvalue weighted by Gasteiger charge is 2.08. The maximum Gasteiger partial charge on any atom is 0.0744 e. The molecule has 0 saturated heterocycles. The van der Waals surface area contributed by atoms with Gasteiger partial charge in [-0.3, -0.25) is 0 Å². The zero-order chi connectivity index (χ0) is 12.0. The van der Waals surface area contributed by atoms with Gasteiger partial charge in [0.2, 0.25) is 0 Å². The van der Waals surface area contributed by atoms with Crippen molar-refractivity contribution in [1.82, 2.24) is 0 Å². The molecule has 0 aliphatic heterocycles. The summed E-state index contributed by atoms with van der Waals surface area (Å²) in [6, 6.07) is 8.22. The summed E-state index contributed by atoms with van der Waals surface area (Å²) in [6.45, 7) is 2.53. The fourth-order valence-electron chi connectivity index (χ4n) is 1.44. The highest BCUT2D eigenvalue weighted by molar-refractivity contribution is 9.10. The minimum absolute atomic E-state index is 0.134. The first-order valence-electron chi connectivity index (χ1n) is 5.08. The quantitative estimate of drug-likeness (QED) is 0.901. The number of rotatable bonds is 5. The van der Waals surface area contributed by atoms with Crippen LogP contribution in [0.15, 0.2) is 22.7 Å². The van der Waals surface area contributed by atoms with Crippen molar-refractivity contribution in [2.75, 3.05) is 12.4 Å². The van der Waals surface area contributed by atoms with Gasteiger partial charge in [0.05, 0.1) is 19.1 Å². The third kappa shape index (κ3) is 3.51. The first kappa shape index (κ1) is 13.0. The van der Waals surface area contributed by atoms with Crippen LogP contribution < -0.4 is 5.32 Å². The molecule has 1 unspecified atom stereocenters. The Balaban J connectivity index is 2.86. The van der Waals surface area contributed by atoms with E-state index in [2.05, 4.69) is 27.3 Å². The van der Waals surface area contributed by atoms with Crippen LogP contribution in [0.3, 0.4) is 0 Å². The van der Waals surface area contributed by atoms with E-state index in [1.807, 2.05) is 25.1 Å². The van der Waals surface area contributed by atoms with Crippen molar-refractivity contribution in [2.45, 2.75) is 26.0 Å². The molecule has 16 heavy (non-hydrogen) atoms. The molecule has 0 aliphatic carbocycles. The topological polar surface area (TPSA) is 45.0 Å². The standard InChI is InChI=1S/C12H15BrN2O/c1-9(6-7-14)15-12-5-3-4-11(13)10(12)8-16-2/h3-5,9,15H,6,8H2,1-2H3. The smallest absolute Gasteiger partial charge is 0.0744 e. The third-order valence-corrected chi connectivity index (χ3v) is 2.95. The summed E-state index contributed by atoms with van der Waals surface area (Å²) in [5, 5.41) is 11.9. The molecule has 0 heterocycles. The molecular weight excluding hydrogens is 268 g/mol. The van der Waals surface area contributed by atoms with E-state index in [1.54, 1.807) is 7.11 Å². The summed E-state index contributed by atoms with van der Waals surface area (Å²) in [5.74, 6) is 0. The third-order valence-electron chi connectivity index (χ3n) is 2.21. The van der Waals surface area contributed by atoms with Crippen molar-refractivity contribution in [3.63, 3.8) is 0 Å². The lowest BCUT2D eigenvalue weighted by molar-refractivity contribution is 0.185. The van der Waals surface area contributed by atoms with E-state index in [0.717, 1.165) is 15.7 Å². The van der Waals surface area contributed by atoms with Gasteiger partial charge in [-0.15, -0.1) is 0 Å². The van der Waals surface area contributed by atoms with Crippen LogP contribution in [0.25, 0.3) is 0 Å². The van der Waals surface area contributed by atoms with Gasteiger partial charge in [-0.2, -0.15) is 5.26 Å². The molecule has 0 fully saturated rings. The van der Waals surface area contributed by atoms with E-state index >= 15 is 0 Å². The Bertz CT molecular complexity index is 387. The van der Waals surface area contributed by atoms with Gasteiger partial charge in [0.1, 0.15) is 0 Å². The number of hydrogen-bond acceptors (Lipinski definition) is 3. The van der Waals surface area contributed by atoms with Crippen molar-refractivity contribution in [3.8, 4) is 6.07 Å². The molecular formula is C12H15BrN2O. The second-order valence-corrected chi connectivity index (χ2v) is 4.46. The number of nitrogens with one attached hydrogen (secondary N) is 1. The van der Waals surface area contributed by atoms with Gasteiger partial charge in [0, 0.05) is 28.9 Å². The zero-order valence-corrected chi connectivity index (χ0v) is 11.0. The first-order valence-corrected chi connectivity index (χ1v) is 5.88. The van der Waals surface area contributed by atoms with Crippen molar-refractivity contribution in [2.24, 2.45) is 0 Å². The lowest BCUT2D eigenvalue weighted by Gasteiger charge is -2.16. The fourth-order valence-corrected chi connectivity index (χ4v) is 1.92. The molecule has 0 aromatic heterocycles. The normalized spacial score (nSPS) is 11.9. The van der Waals surface area contributed by atoms with Gasteiger partial charge in [-0.1, -0.05) is 22.0 Å². The molecule has 0 amide bonds. The van der Waals surface area contributed by atoms with Crippen LogP contribution in [0.4, 0.5) is 5.69 Å². The molecule has 1 N–H and O–H groups in total. The Morgan fingerprint density at radius 1 is 1.56 bits per heavy atom. The summed E-state index contributed by atoms with van der Waals surface area (Å²) in [4.78, 5) is 0. The zero-order valence-electron chi connectivity index (χ0n) is 9.46. The van der Waals surface area contributed by atoms with Crippen LogP contribution in [0.2, 0.25) is 0 Å². The molecule has 1 atom stereocenters. The number of anilines is 1. The number of halogens is 1.